The molecule has 3 atom stereocenters. The second-order valence-corrected chi connectivity index (χ2v) is 46.2. The summed E-state index contributed by atoms with van der Waals surface area (Å²) in [6.45, 7) is 59.2. The molecule has 135 heavy (non-hydrogen) atoms. The molecular weight excluding hydrogens is 1680 g/mol. The van der Waals surface area contributed by atoms with Crippen molar-refractivity contribution in [2.24, 2.45) is 17.8 Å². The minimum absolute atomic E-state index is 0.0846. The van der Waals surface area contributed by atoms with Crippen molar-refractivity contribution in [3.8, 4) is 34.5 Å². The van der Waals surface area contributed by atoms with Crippen molar-refractivity contribution < 1.29 is 57.2 Å². The number of rotatable bonds is 45. The van der Waals surface area contributed by atoms with Crippen molar-refractivity contribution >= 4 is 35.4 Å². The van der Waals surface area contributed by atoms with Gasteiger partial charge in [0.05, 0.1) is 21.3 Å². The fraction of sp³-hybridized carbons (Fsp3) is 0.641. The van der Waals surface area contributed by atoms with Crippen molar-refractivity contribution in [3.05, 3.63) is 173 Å². The third-order valence-electron chi connectivity index (χ3n) is 26.2. The maximum absolute atomic E-state index is 15.2. The first kappa shape index (κ1) is 113. The van der Waals surface area contributed by atoms with E-state index in [1.165, 1.54) is 19.3 Å². The van der Waals surface area contributed by atoms with Crippen molar-refractivity contribution in [1.82, 2.24) is 31.9 Å². The standard InChI is InChI=1S/C117H180N6O12/c1-31-34-37-40-43-46-49-118-109(127)97(52-76(4)5)121-100(124)73-133-106-85-55-79-61-91(112(10,11)12)63-81(103(79)130-28)57-87-69-95(116(22,23)24)71-89(107(87)134-74-101(125)122-98(53-77(6)7)110(128)119-50-47-44-41-38-35-32-2)59-83-65-93(114(16,17)18)66-84(105(83)132-30)60-90-72-96(117(25,26)27)70-88(108(90)135-75-102(126)123-99(54-78(8)9)111(129)120-51-48-45-42-39-36-33-3)58-82-64-92(113(13,14)15)62-80(104(82)131-29)56-86(106)68-94(67-85)115(19,20)21/h61-72,76-78,97-99H,31-60,73-75H2,1-30H3,(H,118,127)(H,119,128)(H,120,129)(H,121,124)(H,122,125)(H,123,126). The number of fused-ring (bicyclic) bond motifs is 12. The van der Waals surface area contributed by atoms with Crippen LogP contribution in [0.2, 0.25) is 0 Å². The smallest absolute Gasteiger partial charge is 0.258 e. The van der Waals surface area contributed by atoms with E-state index in [-0.39, 0.29) is 74.0 Å². The molecule has 6 N–H and O–H groups in total. The zero-order valence-corrected chi connectivity index (χ0v) is 89.6. The second-order valence-electron chi connectivity index (χ2n) is 46.2. The molecule has 1 aliphatic rings. The molecule has 0 aromatic heterocycles. The third kappa shape index (κ3) is 35.4. The van der Waals surface area contributed by atoms with E-state index in [1.54, 1.807) is 21.3 Å². The van der Waals surface area contributed by atoms with E-state index >= 15 is 14.4 Å². The molecule has 6 amide bonds. The predicted octanol–water partition coefficient (Wildman–Crippen LogP) is 24.5. The molecule has 6 aromatic carbocycles. The summed E-state index contributed by atoms with van der Waals surface area (Å²) in [7, 11) is 5.19. The zero-order chi connectivity index (χ0) is 100. The van der Waals surface area contributed by atoms with Gasteiger partial charge >= 0.3 is 0 Å². The van der Waals surface area contributed by atoms with E-state index in [0.717, 1.165) is 196 Å². The van der Waals surface area contributed by atoms with Crippen molar-refractivity contribution in [1.29, 1.82) is 0 Å². The molecule has 0 spiro atoms. The summed E-state index contributed by atoms with van der Waals surface area (Å²) in [5.41, 5.74) is 13.8. The number of ether oxygens (including phenoxy) is 6. The Bertz CT molecular complexity index is 4230. The maximum atomic E-state index is 15.2. The van der Waals surface area contributed by atoms with Crippen LogP contribution in [0, 0.1) is 17.8 Å². The highest BCUT2D eigenvalue weighted by molar-refractivity contribution is 5.90. The molecule has 0 saturated carbocycles. The van der Waals surface area contributed by atoms with Crippen LogP contribution in [-0.2, 0) is 99.8 Å². The highest BCUT2D eigenvalue weighted by Gasteiger charge is 2.35. The Labute approximate surface area is 816 Å². The average molecular weight is 1860 g/mol. The average Bonchev–Trinajstić information content (AvgIpc) is 0.764. The van der Waals surface area contributed by atoms with E-state index in [4.69, 9.17) is 28.4 Å². The summed E-state index contributed by atoms with van der Waals surface area (Å²) in [4.78, 5) is 88.5. The predicted molar refractivity (Wildman–Crippen MR) is 557 cm³/mol. The number of hydrogen-bond donors (Lipinski definition) is 6. The molecular formula is C117H180N6O12. The van der Waals surface area contributed by atoms with Crippen LogP contribution in [0.25, 0.3) is 0 Å². The molecule has 0 fully saturated rings. The lowest BCUT2D eigenvalue weighted by Gasteiger charge is -2.29. The van der Waals surface area contributed by atoms with Gasteiger partial charge in [-0.2, -0.15) is 0 Å². The number of methoxy groups -OCH3 is 3. The Balaban J connectivity index is 1.63. The molecule has 0 heterocycles. The highest BCUT2D eigenvalue weighted by Crippen LogP contribution is 2.47. The minimum Gasteiger partial charge on any atom is -0.496 e. The Hall–Kier alpha value is -9.06. The van der Waals surface area contributed by atoms with Gasteiger partial charge in [0, 0.05) is 58.2 Å². The van der Waals surface area contributed by atoms with Crippen molar-refractivity contribution in [3.63, 3.8) is 0 Å². The number of hydrogen-bond acceptors (Lipinski definition) is 12. The molecule has 3 unspecified atom stereocenters. The summed E-state index contributed by atoms with van der Waals surface area (Å²) < 4.78 is 42.7. The van der Waals surface area contributed by atoms with E-state index in [9.17, 15) is 14.4 Å². The van der Waals surface area contributed by atoms with Gasteiger partial charge in [0.25, 0.3) is 17.7 Å². The largest absolute Gasteiger partial charge is 0.496 e. The minimum atomic E-state index is -0.808. The molecule has 18 nitrogen and oxygen atoms in total. The van der Waals surface area contributed by atoms with Gasteiger partial charge in [-0.3, -0.25) is 28.8 Å². The van der Waals surface area contributed by atoms with E-state index in [1.807, 2.05) is 0 Å². The van der Waals surface area contributed by atoms with Crippen molar-refractivity contribution in [2.45, 2.75) is 411 Å². The van der Waals surface area contributed by atoms with E-state index in [2.05, 4.69) is 292 Å². The van der Waals surface area contributed by atoms with Gasteiger partial charge < -0.3 is 60.3 Å². The molecule has 750 valence electrons. The fourth-order valence-corrected chi connectivity index (χ4v) is 18.2. The number of nitrogens with one attached hydrogen (secondary N) is 6. The van der Waals surface area contributed by atoms with Crippen molar-refractivity contribution in [2.75, 3.05) is 60.8 Å². The molecule has 6 aromatic rings. The lowest BCUT2D eigenvalue weighted by Crippen LogP contribution is -2.48. The van der Waals surface area contributed by atoms with Crippen LogP contribution in [0.15, 0.2) is 72.8 Å². The maximum Gasteiger partial charge on any atom is 0.258 e. The van der Waals surface area contributed by atoms with E-state index in [0.29, 0.717) is 73.4 Å². The lowest BCUT2D eigenvalue weighted by atomic mass is 9.79. The molecule has 0 saturated heterocycles. The molecule has 0 aliphatic heterocycles. The van der Waals surface area contributed by atoms with Gasteiger partial charge in [0.1, 0.15) is 52.6 Å². The first-order valence-corrected chi connectivity index (χ1v) is 51.6. The Morgan fingerprint density at radius 1 is 0.259 bits per heavy atom. The van der Waals surface area contributed by atoms with Crippen LogP contribution in [0.5, 0.6) is 34.5 Å². The van der Waals surface area contributed by atoms with Crippen LogP contribution in [0.3, 0.4) is 0 Å². The summed E-state index contributed by atoms with van der Waals surface area (Å²) in [5, 5.41) is 19.0. The number of carbonyl (C=O) groups excluding carboxylic acids is 6. The number of benzene rings is 6. The summed E-state index contributed by atoms with van der Waals surface area (Å²) in [6.07, 6.45) is 22.4. The summed E-state index contributed by atoms with van der Waals surface area (Å²) in [5.74, 6) is 1.76. The van der Waals surface area contributed by atoms with Crippen LogP contribution >= 0.6 is 0 Å². The molecule has 18 heteroatoms. The first-order valence-electron chi connectivity index (χ1n) is 51.6. The number of amides is 6. The van der Waals surface area contributed by atoms with Gasteiger partial charge in [-0.05, 0) is 189 Å². The first-order chi connectivity index (χ1) is 63.4. The van der Waals surface area contributed by atoms with E-state index < -0.39 is 88.2 Å². The van der Waals surface area contributed by atoms with Crippen LogP contribution in [-0.4, -0.2) is 114 Å². The third-order valence-corrected chi connectivity index (χ3v) is 26.2. The Morgan fingerprint density at radius 2 is 0.422 bits per heavy atom. The topological polar surface area (TPSA) is 230 Å². The van der Waals surface area contributed by atoms with Gasteiger partial charge in [0.2, 0.25) is 17.7 Å². The normalized spacial score (nSPS) is 13.6. The van der Waals surface area contributed by atoms with Gasteiger partial charge in [-0.1, -0.05) is 356 Å². The lowest BCUT2D eigenvalue weighted by molar-refractivity contribution is -0.130. The summed E-state index contributed by atoms with van der Waals surface area (Å²) in [6, 6.07) is 24.4. The number of unbranched alkanes of at least 4 members (excludes halogenated alkanes) is 15. The van der Waals surface area contributed by atoms with Gasteiger partial charge in [-0.25, -0.2) is 0 Å². The quantitative estimate of drug-likeness (QED) is 0.0196. The van der Waals surface area contributed by atoms with Crippen LogP contribution < -0.4 is 60.3 Å². The van der Waals surface area contributed by atoms with Crippen LogP contribution in [0.4, 0.5) is 0 Å². The van der Waals surface area contributed by atoms with Gasteiger partial charge in [-0.15, -0.1) is 0 Å². The molecule has 12 bridgehead atoms. The van der Waals surface area contributed by atoms with Gasteiger partial charge in [0.15, 0.2) is 19.8 Å². The van der Waals surface area contributed by atoms with Crippen LogP contribution in [0.1, 0.15) is 422 Å². The molecule has 7 rings (SSSR count). The Kier molecular flexibility index (Phi) is 43.6. The fourth-order valence-electron chi connectivity index (χ4n) is 18.2. The molecule has 1 aliphatic carbocycles. The Morgan fingerprint density at radius 3 is 0.578 bits per heavy atom. The SMILES string of the molecule is CCCCCCCCNC(=O)C(CC(C)C)NC(=O)COc1c2cc(C(C)(C)C)cc1Cc1cc(C(C)(C)C)cc(c1OC)Cc1cc(C(C)(C)C)cc(c1OCC(=O)NC(CC(C)C)C(=O)NCCCCCCCC)Cc1cc(C(C)(C)C)cc(c1OC)Cc1cc(C(C)(C)C)cc(c1OCC(=O)NC(CC(C)C)C(=O)NCCCCCCCC)Cc1cc(C(C)(C)C)cc(c1OC)C2. The highest BCUT2D eigenvalue weighted by atomic mass is 16.5. The second kappa shape index (κ2) is 52.1. The monoisotopic (exact) mass is 1860 g/mol. The number of carbonyl (C=O) groups is 6. The molecule has 0 radical (unpaired) electrons. The summed E-state index contributed by atoms with van der Waals surface area (Å²) >= 11 is 0. The zero-order valence-electron chi connectivity index (χ0n) is 89.6.